The van der Waals surface area contributed by atoms with Crippen molar-refractivity contribution in [2.75, 3.05) is 20.3 Å². The number of nitrogens with zero attached hydrogens (tertiary/aromatic N) is 2. The number of aromatic nitrogens is 2. The zero-order valence-electron chi connectivity index (χ0n) is 16.1. The van der Waals surface area contributed by atoms with Crippen LogP contribution in [0.2, 0.25) is 0 Å². The summed E-state index contributed by atoms with van der Waals surface area (Å²) in [7, 11) is 1.72. The van der Waals surface area contributed by atoms with Gasteiger partial charge in [-0.25, -0.2) is 4.98 Å². The summed E-state index contributed by atoms with van der Waals surface area (Å²) in [6.45, 7) is 2.65. The summed E-state index contributed by atoms with van der Waals surface area (Å²) >= 11 is 3.50. The first kappa shape index (κ1) is 19.6. The molecule has 1 aliphatic heterocycles. The van der Waals surface area contributed by atoms with Gasteiger partial charge in [0, 0.05) is 54.6 Å². The number of Topliss-reactive ketones (excluding diaryl/α,β-unsaturated/α-hetero) is 1. The predicted octanol–water partition coefficient (Wildman–Crippen LogP) is 4.38. The van der Waals surface area contributed by atoms with E-state index in [0.717, 1.165) is 60.6 Å². The van der Waals surface area contributed by atoms with Gasteiger partial charge in [0.2, 0.25) is 0 Å². The maximum absolute atomic E-state index is 12.6. The van der Waals surface area contributed by atoms with E-state index in [4.69, 9.17) is 9.72 Å². The quantitative estimate of drug-likeness (QED) is 0.525. The van der Waals surface area contributed by atoms with Crippen LogP contribution in [0, 0.1) is 0 Å². The van der Waals surface area contributed by atoms with E-state index in [1.165, 1.54) is 20.9 Å². The van der Waals surface area contributed by atoms with Gasteiger partial charge < -0.3 is 10.1 Å². The lowest BCUT2D eigenvalue weighted by molar-refractivity contribution is -0.118. The molecule has 0 radical (unpaired) electrons. The molecule has 1 aliphatic rings. The highest BCUT2D eigenvalue weighted by atomic mass is 32.1. The van der Waals surface area contributed by atoms with E-state index < -0.39 is 0 Å². The third-order valence-electron chi connectivity index (χ3n) is 5.07. The number of methoxy groups -OCH3 is 1. The van der Waals surface area contributed by atoms with Crippen molar-refractivity contribution in [1.29, 1.82) is 0 Å². The van der Waals surface area contributed by atoms with Crippen molar-refractivity contribution in [2.45, 2.75) is 45.1 Å². The Balaban J connectivity index is 1.57. The molecule has 0 bridgehead atoms. The van der Waals surface area contributed by atoms with Gasteiger partial charge in [0.25, 0.3) is 0 Å². The Hall–Kier alpha value is -1.67. The zero-order chi connectivity index (χ0) is 19.3. The molecule has 0 amide bonds. The van der Waals surface area contributed by atoms with Crippen LogP contribution in [0.25, 0.3) is 20.8 Å². The lowest BCUT2D eigenvalue weighted by Crippen LogP contribution is -2.22. The summed E-state index contributed by atoms with van der Waals surface area (Å²) in [5.41, 5.74) is 3.54. The second-order valence-corrected chi connectivity index (χ2v) is 9.33. The Morgan fingerprint density at radius 3 is 3.07 bits per heavy atom. The van der Waals surface area contributed by atoms with Crippen LogP contribution in [-0.4, -0.2) is 36.0 Å². The molecule has 0 unspecified atom stereocenters. The molecule has 0 saturated carbocycles. The molecule has 4 rings (SSSR count). The number of rotatable bonds is 9. The summed E-state index contributed by atoms with van der Waals surface area (Å²) in [4.78, 5) is 24.2. The van der Waals surface area contributed by atoms with Crippen molar-refractivity contribution < 1.29 is 9.53 Å². The van der Waals surface area contributed by atoms with Gasteiger partial charge in [-0.15, -0.1) is 22.7 Å². The minimum Gasteiger partial charge on any atom is -0.385 e. The van der Waals surface area contributed by atoms with Crippen molar-refractivity contribution in [2.24, 2.45) is 0 Å². The number of hydrogen-bond acceptors (Lipinski definition) is 7. The minimum atomic E-state index is 0.327. The number of fused-ring (bicyclic) bond motifs is 2. The van der Waals surface area contributed by atoms with Gasteiger partial charge in [0.1, 0.15) is 16.3 Å². The molecule has 0 aromatic carbocycles. The van der Waals surface area contributed by atoms with Crippen LogP contribution < -0.4 is 5.32 Å². The molecule has 0 spiro atoms. The standard InChI is InChI=1S/C21H25N3O2S2/c1-26-10-4-2-3-5-14(25)11-18-20(15-6-8-23-13-19(15)27-18)21-24-16-12-22-9-7-17(16)28-21/h7,9,12,23H,2-6,8,10-11,13H2,1H3. The second kappa shape index (κ2) is 9.22. The summed E-state index contributed by atoms with van der Waals surface area (Å²) in [5, 5.41) is 4.49. The van der Waals surface area contributed by atoms with E-state index in [-0.39, 0.29) is 0 Å². The van der Waals surface area contributed by atoms with Gasteiger partial charge >= 0.3 is 0 Å². The topological polar surface area (TPSA) is 64.1 Å². The molecule has 148 valence electrons. The molecule has 1 N–H and O–H groups in total. The van der Waals surface area contributed by atoms with Gasteiger partial charge in [0.05, 0.1) is 10.9 Å². The highest BCUT2D eigenvalue weighted by Crippen LogP contribution is 2.41. The van der Waals surface area contributed by atoms with E-state index in [2.05, 4.69) is 10.3 Å². The van der Waals surface area contributed by atoms with Crippen LogP contribution in [0.3, 0.4) is 0 Å². The first-order valence-electron chi connectivity index (χ1n) is 9.82. The lowest BCUT2D eigenvalue weighted by atomic mass is 10.00. The number of nitrogens with one attached hydrogen (secondary N) is 1. The van der Waals surface area contributed by atoms with Gasteiger partial charge in [-0.2, -0.15) is 0 Å². The van der Waals surface area contributed by atoms with Crippen LogP contribution in [0.15, 0.2) is 18.5 Å². The number of unbranched alkanes of at least 4 members (excludes halogenated alkanes) is 2. The van der Waals surface area contributed by atoms with Crippen molar-refractivity contribution in [3.63, 3.8) is 0 Å². The maximum atomic E-state index is 12.6. The molecule has 0 atom stereocenters. The van der Waals surface area contributed by atoms with E-state index in [1.807, 2.05) is 18.5 Å². The van der Waals surface area contributed by atoms with Gasteiger partial charge in [-0.05, 0) is 37.4 Å². The zero-order valence-corrected chi connectivity index (χ0v) is 17.8. The number of thiophene rings is 1. The van der Waals surface area contributed by atoms with E-state index in [0.29, 0.717) is 18.6 Å². The summed E-state index contributed by atoms with van der Waals surface area (Å²) < 4.78 is 6.23. The number of carbonyl (C=O) groups is 1. The van der Waals surface area contributed by atoms with E-state index in [1.54, 1.807) is 29.8 Å². The fourth-order valence-electron chi connectivity index (χ4n) is 3.66. The number of thiazole rings is 1. The van der Waals surface area contributed by atoms with Gasteiger partial charge in [0.15, 0.2) is 0 Å². The van der Waals surface area contributed by atoms with Crippen LogP contribution in [0.4, 0.5) is 0 Å². The van der Waals surface area contributed by atoms with Gasteiger partial charge in [-0.3, -0.25) is 9.78 Å². The van der Waals surface area contributed by atoms with E-state index in [9.17, 15) is 4.79 Å². The number of hydrogen-bond donors (Lipinski definition) is 1. The lowest BCUT2D eigenvalue weighted by Gasteiger charge is -2.13. The third kappa shape index (κ3) is 4.33. The molecule has 0 saturated heterocycles. The average molecular weight is 416 g/mol. The van der Waals surface area contributed by atoms with E-state index >= 15 is 0 Å². The molecular formula is C21H25N3O2S2. The molecular weight excluding hydrogens is 390 g/mol. The maximum Gasteiger partial charge on any atom is 0.138 e. The Morgan fingerprint density at radius 2 is 2.21 bits per heavy atom. The molecule has 3 aromatic rings. The first-order chi connectivity index (χ1) is 13.8. The highest BCUT2D eigenvalue weighted by molar-refractivity contribution is 7.22. The highest BCUT2D eigenvalue weighted by Gasteiger charge is 2.25. The molecule has 0 aliphatic carbocycles. The first-order valence-corrected chi connectivity index (χ1v) is 11.4. The van der Waals surface area contributed by atoms with Crippen molar-refractivity contribution in [3.05, 3.63) is 33.8 Å². The fraction of sp³-hybridized carbons (Fsp3) is 0.476. The summed E-state index contributed by atoms with van der Waals surface area (Å²) in [6, 6.07) is 2.02. The van der Waals surface area contributed by atoms with Crippen LogP contribution in [-0.2, 0) is 28.9 Å². The number of pyridine rings is 1. The van der Waals surface area contributed by atoms with Crippen LogP contribution >= 0.6 is 22.7 Å². The normalized spacial score (nSPS) is 13.8. The molecule has 5 nitrogen and oxygen atoms in total. The Labute approximate surface area is 173 Å². The number of carbonyl (C=O) groups excluding carboxylic acids is 1. The summed E-state index contributed by atoms with van der Waals surface area (Å²) in [5.74, 6) is 0.327. The number of ketones is 1. The SMILES string of the molecule is COCCCCCC(=O)Cc1sc2c(c1-c1nc3cnccc3s1)CCNC2. The second-order valence-electron chi connectivity index (χ2n) is 7.11. The molecule has 28 heavy (non-hydrogen) atoms. The smallest absolute Gasteiger partial charge is 0.138 e. The summed E-state index contributed by atoms with van der Waals surface area (Å²) in [6.07, 6.45) is 8.80. The monoisotopic (exact) mass is 415 g/mol. The number of ether oxygens (including phenoxy) is 1. The third-order valence-corrected chi connectivity index (χ3v) is 7.35. The fourth-order valence-corrected chi connectivity index (χ4v) is 6.12. The largest absolute Gasteiger partial charge is 0.385 e. The van der Waals surface area contributed by atoms with Crippen molar-refractivity contribution in [3.8, 4) is 10.6 Å². The van der Waals surface area contributed by atoms with Crippen molar-refractivity contribution in [1.82, 2.24) is 15.3 Å². The van der Waals surface area contributed by atoms with Crippen molar-refractivity contribution >= 4 is 38.7 Å². The van der Waals surface area contributed by atoms with Crippen LogP contribution in [0.1, 0.15) is 41.0 Å². The molecule has 7 heteroatoms. The predicted molar refractivity (Wildman–Crippen MR) is 115 cm³/mol. The minimum absolute atomic E-state index is 0.327. The molecule has 0 fully saturated rings. The Bertz CT molecular complexity index is 931. The average Bonchev–Trinajstić information content (AvgIpc) is 3.28. The molecule has 4 heterocycles. The van der Waals surface area contributed by atoms with Crippen LogP contribution in [0.5, 0.6) is 0 Å². The Morgan fingerprint density at radius 1 is 1.29 bits per heavy atom. The Kier molecular flexibility index (Phi) is 6.47. The molecule has 3 aromatic heterocycles. The van der Waals surface area contributed by atoms with Gasteiger partial charge in [-0.1, -0.05) is 6.42 Å².